The summed E-state index contributed by atoms with van der Waals surface area (Å²) in [6.45, 7) is 1.91. The molecule has 23 heavy (non-hydrogen) atoms. The number of fused-ring (bicyclic) bond motifs is 1. The lowest BCUT2D eigenvalue weighted by Gasteiger charge is -2.28. The van der Waals surface area contributed by atoms with Gasteiger partial charge in [-0.3, -0.25) is 4.79 Å². The van der Waals surface area contributed by atoms with Crippen molar-refractivity contribution in [2.24, 2.45) is 11.7 Å². The lowest BCUT2D eigenvalue weighted by molar-refractivity contribution is -0.125. The summed E-state index contributed by atoms with van der Waals surface area (Å²) in [6.07, 6.45) is 2.94. The van der Waals surface area contributed by atoms with Crippen molar-refractivity contribution in [3.05, 3.63) is 71.3 Å². The number of nitrogens with two attached hydrogens (primary N) is 1. The van der Waals surface area contributed by atoms with Gasteiger partial charge in [-0.05, 0) is 36.0 Å². The molecule has 2 aromatic carbocycles. The highest BCUT2D eigenvalue weighted by molar-refractivity contribution is 5.79. The molecule has 0 fully saturated rings. The van der Waals surface area contributed by atoms with E-state index in [0.29, 0.717) is 0 Å². The van der Waals surface area contributed by atoms with Crippen LogP contribution in [-0.2, 0) is 17.6 Å². The summed E-state index contributed by atoms with van der Waals surface area (Å²) in [4.78, 5) is 12.5. The van der Waals surface area contributed by atoms with Crippen LogP contribution in [0.3, 0.4) is 0 Å². The van der Waals surface area contributed by atoms with Crippen LogP contribution in [0, 0.1) is 5.92 Å². The molecule has 3 atom stereocenters. The molecule has 120 valence electrons. The molecule has 0 radical (unpaired) electrons. The minimum atomic E-state index is -0.271. The lowest BCUT2D eigenvalue weighted by atomic mass is 9.87. The third kappa shape index (κ3) is 3.62. The van der Waals surface area contributed by atoms with Crippen LogP contribution in [0.2, 0.25) is 0 Å². The summed E-state index contributed by atoms with van der Waals surface area (Å²) in [5.74, 6) is -0.194. The number of amides is 1. The Hall–Kier alpha value is -2.13. The number of aryl methyl sites for hydroxylation is 1. The fourth-order valence-electron chi connectivity index (χ4n) is 3.28. The van der Waals surface area contributed by atoms with Crippen molar-refractivity contribution in [1.29, 1.82) is 0 Å². The van der Waals surface area contributed by atoms with Crippen molar-refractivity contribution in [1.82, 2.24) is 5.32 Å². The average Bonchev–Trinajstić information content (AvgIpc) is 2.61. The van der Waals surface area contributed by atoms with E-state index in [-0.39, 0.29) is 23.9 Å². The number of rotatable bonds is 4. The molecule has 1 aliphatic rings. The van der Waals surface area contributed by atoms with E-state index in [2.05, 4.69) is 29.6 Å². The quantitative estimate of drug-likeness (QED) is 0.912. The molecule has 0 saturated carbocycles. The van der Waals surface area contributed by atoms with Crippen molar-refractivity contribution in [3.63, 3.8) is 0 Å². The smallest absolute Gasteiger partial charge is 0.224 e. The van der Waals surface area contributed by atoms with E-state index in [4.69, 9.17) is 5.73 Å². The molecule has 0 saturated heterocycles. The van der Waals surface area contributed by atoms with Gasteiger partial charge in [0.1, 0.15) is 0 Å². The average molecular weight is 308 g/mol. The maximum Gasteiger partial charge on any atom is 0.224 e. The van der Waals surface area contributed by atoms with Gasteiger partial charge in [0.25, 0.3) is 0 Å². The van der Waals surface area contributed by atoms with E-state index in [0.717, 1.165) is 24.8 Å². The number of hydrogen-bond acceptors (Lipinski definition) is 2. The Balaban J connectivity index is 1.61. The zero-order valence-corrected chi connectivity index (χ0v) is 13.5. The Kier molecular flexibility index (Phi) is 4.77. The first kappa shape index (κ1) is 15.8. The van der Waals surface area contributed by atoms with Gasteiger partial charge in [-0.2, -0.15) is 0 Å². The second-order valence-electron chi connectivity index (χ2n) is 6.44. The van der Waals surface area contributed by atoms with Crippen LogP contribution in [0.25, 0.3) is 0 Å². The molecule has 1 aliphatic carbocycles. The molecule has 2 aromatic rings. The summed E-state index contributed by atoms with van der Waals surface area (Å²) in [7, 11) is 0. The Bertz CT molecular complexity index is 668. The third-order valence-electron chi connectivity index (χ3n) is 4.83. The van der Waals surface area contributed by atoms with Gasteiger partial charge in [0.2, 0.25) is 5.91 Å². The van der Waals surface area contributed by atoms with Crippen molar-refractivity contribution < 1.29 is 4.79 Å². The first-order valence-electron chi connectivity index (χ1n) is 8.33. The molecule has 1 amide bonds. The van der Waals surface area contributed by atoms with Gasteiger partial charge in [-0.25, -0.2) is 0 Å². The maximum atomic E-state index is 12.5. The van der Waals surface area contributed by atoms with Gasteiger partial charge >= 0.3 is 0 Å². The molecule has 0 aromatic heterocycles. The second-order valence-corrected chi connectivity index (χ2v) is 6.44. The molecular weight excluding hydrogens is 284 g/mol. The standard InChI is InChI=1S/C20H24N2O/c1-14(19(21)16-8-3-2-4-9-16)20(23)22-18-12-11-15-7-5-6-10-17(15)13-18/h2-10,14,18-19H,11-13,21H2,1H3,(H,22,23). The van der Waals surface area contributed by atoms with Gasteiger partial charge in [-0.1, -0.05) is 61.5 Å². The van der Waals surface area contributed by atoms with E-state index in [1.165, 1.54) is 11.1 Å². The molecular formula is C20H24N2O. The first-order chi connectivity index (χ1) is 11.1. The summed E-state index contributed by atoms with van der Waals surface area (Å²) < 4.78 is 0. The van der Waals surface area contributed by atoms with Crippen LogP contribution in [0.4, 0.5) is 0 Å². The summed E-state index contributed by atoms with van der Waals surface area (Å²) in [6, 6.07) is 18.3. The molecule has 0 aliphatic heterocycles. The Morgan fingerprint density at radius 2 is 1.74 bits per heavy atom. The van der Waals surface area contributed by atoms with Crippen LogP contribution in [0.1, 0.15) is 36.1 Å². The highest BCUT2D eigenvalue weighted by Crippen LogP contribution is 2.23. The molecule has 0 spiro atoms. The van der Waals surface area contributed by atoms with Gasteiger partial charge in [0, 0.05) is 12.1 Å². The predicted octanol–water partition coefficient (Wildman–Crippen LogP) is 3.00. The van der Waals surface area contributed by atoms with Gasteiger partial charge in [-0.15, -0.1) is 0 Å². The normalized spacial score (nSPS) is 19.5. The van der Waals surface area contributed by atoms with E-state index in [1.54, 1.807) is 0 Å². The van der Waals surface area contributed by atoms with Gasteiger partial charge < -0.3 is 11.1 Å². The van der Waals surface area contributed by atoms with Crippen LogP contribution in [0.15, 0.2) is 54.6 Å². The minimum Gasteiger partial charge on any atom is -0.353 e. The fourth-order valence-corrected chi connectivity index (χ4v) is 3.28. The minimum absolute atomic E-state index is 0.0470. The molecule has 3 nitrogen and oxygen atoms in total. The summed E-state index contributed by atoms with van der Waals surface area (Å²) >= 11 is 0. The number of nitrogens with one attached hydrogen (secondary N) is 1. The SMILES string of the molecule is CC(C(=O)NC1CCc2ccccc2C1)C(N)c1ccccc1. The van der Waals surface area contributed by atoms with E-state index < -0.39 is 0 Å². The maximum absolute atomic E-state index is 12.5. The van der Waals surface area contributed by atoms with Crippen LogP contribution in [-0.4, -0.2) is 11.9 Å². The molecule has 3 N–H and O–H groups in total. The zero-order valence-electron chi connectivity index (χ0n) is 13.5. The van der Waals surface area contributed by atoms with Gasteiger partial charge in [0.05, 0.1) is 5.92 Å². The van der Waals surface area contributed by atoms with Crippen molar-refractivity contribution in [3.8, 4) is 0 Å². The fraction of sp³-hybridized carbons (Fsp3) is 0.350. The highest BCUT2D eigenvalue weighted by atomic mass is 16.1. The van der Waals surface area contributed by atoms with Crippen molar-refractivity contribution in [2.75, 3.05) is 0 Å². The molecule has 0 bridgehead atoms. The van der Waals surface area contributed by atoms with E-state index in [9.17, 15) is 4.79 Å². The third-order valence-corrected chi connectivity index (χ3v) is 4.83. The Morgan fingerprint density at radius 1 is 1.09 bits per heavy atom. The van der Waals surface area contributed by atoms with Crippen LogP contribution >= 0.6 is 0 Å². The first-order valence-corrected chi connectivity index (χ1v) is 8.33. The Morgan fingerprint density at radius 3 is 2.48 bits per heavy atom. The monoisotopic (exact) mass is 308 g/mol. The van der Waals surface area contributed by atoms with Crippen LogP contribution < -0.4 is 11.1 Å². The number of carbonyl (C=O) groups excluding carboxylic acids is 1. The van der Waals surface area contributed by atoms with E-state index >= 15 is 0 Å². The topological polar surface area (TPSA) is 55.1 Å². The Labute approximate surface area is 137 Å². The summed E-state index contributed by atoms with van der Waals surface area (Å²) in [5.41, 5.74) is 10.0. The van der Waals surface area contributed by atoms with E-state index in [1.807, 2.05) is 37.3 Å². The summed E-state index contributed by atoms with van der Waals surface area (Å²) in [5, 5.41) is 3.19. The predicted molar refractivity (Wildman–Crippen MR) is 92.9 cm³/mol. The number of hydrogen-bond donors (Lipinski definition) is 2. The van der Waals surface area contributed by atoms with Gasteiger partial charge in [0.15, 0.2) is 0 Å². The van der Waals surface area contributed by atoms with Crippen molar-refractivity contribution in [2.45, 2.75) is 38.3 Å². The molecule has 3 heteroatoms. The largest absolute Gasteiger partial charge is 0.353 e. The molecule has 0 heterocycles. The molecule has 3 unspecified atom stereocenters. The number of carbonyl (C=O) groups is 1. The van der Waals surface area contributed by atoms with Crippen LogP contribution in [0.5, 0.6) is 0 Å². The molecule has 3 rings (SSSR count). The zero-order chi connectivity index (χ0) is 16.2. The lowest BCUT2D eigenvalue weighted by Crippen LogP contribution is -2.43. The van der Waals surface area contributed by atoms with Crippen molar-refractivity contribution >= 4 is 5.91 Å². The number of benzene rings is 2. The highest BCUT2D eigenvalue weighted by Gasteiger charge is 2.26. The second kappa shape index (κ2) is 6.97.